The normalized spacial score (nSPS) is 17.7. The average Bonchev–Trinajstić information content (AvgIpc) is 3.19. The minimum Gasteiger partial charge on any atom is -0.493 e. The second-order valence-electron chi connectivity index (χ2n) is 3.75. The van der Waals surface area contributed by atoms with E-state index in [2.05, 4.69) is 0 Å². The first-order valence-electron chi connectivity index (χ1n) is 5.38. The molecule has 0 aliphatic carbocycles. The van der Waals surface area contributed by atoms with E-state index < -0.39 is 0 Å². The van der Waals surface area contributed by atoms with Crippen molar-refractivity contribution < 1.29 is 24.1 Å². The summed E-state index contributed by atoms with van der Waals surface area (Å²) in [4.78, 5) is 0. The van der Waals surface area contributed by atoms with Gasteiger partial charge in [-0.2, -0.15) is 0 Å². The largest absolute Gasteiger partial charge is 0.493 e. The standard InChI is InChI=1S/C12H16O5/c1-14-10-3-8(5-13)4-11(15-2)12(10)17-7-9-6-16-9/h3-4,9,13H,5-7H2,1-2H3. The average molecular weight is 240 g/mol. The number of methoxy groups -OCH3 is 2. The molecule has 1 aliphatic heterocycles. The van der Waals surface area contributed by atoms with E-state index in [1.54, 1.807) is 26.4 Å². The minimum atomic E-state index is -0.0707. The second kappa shape index (κ2) is 5.25. The number of hydrogen-bond donors (Lipinski definition) is 1. The second-order valence-corrected chi connectivity index (χ2v) is 3.75. The van der Waals surface area contributed by atoms with Crippen LogP contribution in [0.25, 0.3) is 0 Å². The quantitative estimate of drug-likeness (QED) is 0.751. The number of aliphatic hydroxyl groups is 1. The van der Waals surface area contributed by atoms with Crippen molar-refractivity contribution in [1.29, 1.82) is 0 Å². The van der Waals surface area contributed by atoms with Gasteiger partial charge in [0.15, 0.2) is 11.5 Å². The molecular formula is C12H16O5. The van der Waals surface area contributed by atoms with Gasteiger partial charge in [-0.05, 0) is 17.7 Å². The molecule has 0 aromatic heterocycles. The zero-order valence-electron chi connectivity index (χ0n) is 9.93. The van der Waals surface area contributed by atoms with Crippen molar-refractivity contribution in [2.24, 2.45) is 0 Å². The summed E-state index contributed by atoms with van der Waals surface area (Å²) in [7, 11) is 3.10. The molecule has 2 rings (SSSR count). The molecule has 1 N–H and O–H groups in total. The van der Waals surface area contributed by atoms with Crippen molar-refractivity contribution in [2.75, 3.05) is 27.4 Å². The first-order valence-corrected chi connectivity index (χ1v) is 5.38. The summed E-state index contributed by atoms with van der Waals surface area (Å²) in [5.41, 5.74) is 0.716. The van der Waals surface area contributed by atoms with Crippen molar-refractivity contribution >= 4 is 0 Å². The lowest BCUT2D eigenvalue weighted by Crippen LogP contribution is -2.07. The van der Waals surface area contributed by atoms with E-state index in [0.29, 0.717) is 29.4 Å². The van der Waals surface area contributed by atoms with E-state index in [1.807, 2.05) is 0 Å². The molecule has 1 saturated heterocycles. The molecule has 0 amide bonds. The Kier molecular flexibility index (Phi) is 3.71. The highest BCUT2D eigenvalue weighted by Crippen LogP contribution is 2.39. The SMILES string of the molecule is COc1cc(CO)cc(OC)c1OCC1CO1. The van der Waals surface area contributed by atoms with Gasteiger partial charge < -0.3 is 24.1 Å². The molecule has 1 heterocycles. The Morgan fingerprint density at radius 3 is 2.29 bits per heavy atom. The molecule has 5 nitrogen and oxygen atoms in total. The highest BCUT2D eigenvalue weighted by atomic mass is 16.6. The first kappa shape index (κ1) is 12.0. The Morgan fingerprint density at radius 1 is 1.29 bits per heavy atom. The predicted molar refractivity (Wildman–Crippen MR) is 60.7 cm³/mol. The van der Waals surface area contributed by atoms with Gasteiger partial charge >= 0.3 is 0 Å². The summed E-state index contributed by atoms with van der Waals surface area (Å²) < 4.78 is 21.1. The molecule has 1 aromatic rings. The van der Waals surface area contributed by atoms with Crippen LogP contribution >= 0.6 is 0 Å². The van der Waals surface area contributed by atoms with Crippen LogP contribution < -0.4 is 14.2 Å². The van der Waals surface area contributed by atoms with Gasteiger partial charge in [0.2, 0.25) is 5.75 Å². The molecule has 0 bridgehead atoms. The maximum atomic E-state index is 9.12. The van der Waals surface area contributed by atoms with E-state index in [9.17, 15) is 0 Å². The van der Waals surface area contributed by atoms with Gasteiger partial charge in [-0.1, -0.05) is 0 Å². The van der Waals surface area contributed by atoms with Crippen molar-refractivity contribution in [3.63, 3.8) is 0 Å². The van der Waals surface area contributed by atoms with Crippen LogP contribution in [0, 0.1) is 0 Å². The van der Waals surface area contributed by atoms with Gasteiger partial charge in [0.05, 0.1) is 27.4 Å². The number of rotatable bonds is 6. The third-order valence-corrected chi connectivity index (χ3v) is 2.52. The molecule has 17 heavy (non-hydrogen) atoms. The maximum Gasteiger partial charge on any atom is 0.203 e. The Labute approximate surface area is 99.9 Å². The zero-order chi connectivity index (χ0) is 12.3. The molecule has 1 atom stereocenters. The fourth-order valence-corrected chi connectivity index (χ4v) is 1.51. The lowest BCUT2D eigenvalue weighted by atomic mass is 10.2. The number of aliphatic hydroxyl groups excluding tert-OH is 1. The summed E-state index contributed by atoms with van der Waals surface area (Å²) in [5, 5.41) is 9.12. The van der Waals surface area contributed by atoms with Gasteiger partial charge in [-0.25, -0.2) is 0 Å². The number of epoxide rings is 1. The summed E-state index contributed by atoms with van der Waals surface area (Å²) in [6, 6.07) is 3.46. The summed E-state index contributed by atoms with van der Waals surface area (Å²) in [6.07, 6.45) is 0.168. The van der Waals surface area contributed by atoms with Crippen LogP contribution in [0.1, 0.15) is 5.56 Å². The molecule has 0 radical (unpaired) electrons. The van der Waals surface area contributed by atoms with Gasteiger partial charge in [0, 0.05) is 0 Å². The molecule has 1 aliphatic rings. The zero-order valence-corrected chi connectivity index (χ0v) is 9.93. The lowest BCUT2D eigenvalue weighted by Gasteiger charge is -2.15. The number of ether oxygens (including phenoxy) is 4. The molecule has 5 heteroatoms. The van der Waals surface area contributed by atoms with E-state index >= 15 is 0 Å². The summed E-state index contributed by atoms with van der Waals surface area (Å²) in [6.45, 7) is 1.14. The van der Waals surface area contributed by atoms with Crippen LogP contribution in [-0.4, -0.2) is 38.6 Å². The van der Waals surface area contributed by atoms with E-state index in [-0.39, 0.29) is 12.7 Å². The van der Waals surface area contributed by atoms with Crippen LogP contribution in [0.5, 0.6) is 17.2 Å². The smallest absolute Gasteiger partial charge is 0.203 e. The molecule has 1 unspecified atom stereocenters. The number of benzene rings is 1. The first-order chi connectivity index (χ1) is 8.28. The van der Waals surface area contributed by atoms with Crippen molar-refractivity contribution in [1.82, 2.24) is 0 Å². The predicted octanol–water partition coefficient (Wildman–Crippen LogP) is 0.974. The summed E-state index contributed by atoms with van der Waals surface area (Å²) in [5.74, 6) is 1.64. The third-order valence-electron chi connectivity index (χ3n) is 2.52. The van der Waals surface area contributed by atoms with Crippen molar-refractivity contribution in [2.45, 2.75) is 12.7 Å². The molecule has 1 aromatic carbocycles. The highest BCUT2D eigenvalue weighted by Gasteiger charge is 2.25. The molecule has 0 saturated carbocycles. The van der Waals surface area contributed by atoms with Crippen LogP contribution in [0.4, 0.5) is 0 Å². The maximum absolute atomic E-state index is 9.12. The molecule has 1 fully saturated rings. The van der Waals surface area contributed by atoms with Crippen LogP contribution in [0.2, 0.25) is 0 Å². The summed E-state index contributed by atoms with van der Waals surface area (Å²) >= 11 is 0. The lowest BCUT2D eigenvalue weighted by molar-refractivity contribution is 0.239. The molecule has 94 valence electrons. The Morgan fingerprint density at radius 2 is 1.88 bits per heavy atom. The van der Waals surface area contributed by atoms with E-state index in [4.69, 9.17) is 24.1 Å². The van der Waals surface area contributed by atoms with Crippen molar-refractivity contribution in [3.8, 4) is 17.2 Å². The van der Waals surface area contributed by atoms with Gasteiger partial charge in [0.25, 0.3) is 0 Å². The Balaban J connectivity index is 2.24. The number of hydrogen-bond acceptors (Lipinski definition) is 5. The third kappa shape index (κ3) is 2.81. The monoisotopic (exact) mass is 240 g/mol. The Hall–Kier alpha value is -1.46. The fraction of sp³-hybridized carbons (Fsp3) is 0.500. The molecular weight excluding hydrogens is 224 g/mol. The van der Waals surface area contributed by atoms with Crippen molar-refractivity contribution in [3.05, 3.63) is 17.7 Å². The van der Waals surface area contributed by atoms with Crippen LogP contribution in [0.15, 0.2) is 12.1 Å². The Bertz CT molecular complexity index is 361. The van der Waals surface area contributed by atoms with Gasteiger partial charge in [0.1, 0.15) is 12.7 Å². The highest BCUT2D eigenvalue weighted by molar-refractivity contribution is 5.53. The topological polar surface area (TPSA) is 60.5 Å². The fourth-order valence-electron chi connectivity index (χ4n) is 1.51. The van der Waals surface area contributed by atoms with Crippen LogP contribution in [0.3, 0.4) is 0 Å². The van der Waals surface area contributed by atoms with Gasteiger partial charge in [-0.15, -0.1) is 0 Å². The van der Waals surface area contributed by atoms with E-state index in [1.165, 1.54) is 0 Å². The van der Waals surface area contributed by atoms with Crippen LogP contribution in [-0.2, 0) is 11.3 Å². The van der Waals surface area contributed by atoms with E-state index in [0.717, 1.165) is 6.61 Å². The molecule has 0 spiro atoms. The van der Waals surface area contributed by atoms with Gasteiger partial charge in [-0.3, -0.25) is 0 Å². The minimum absolute atomic E-state index is 0.0707.